The predicted octanol–water partition coefficient (Wildman–Crippen LogP) is 1.25. The number of carboxylic acid groups (broad SMARTS) is 1. The Morgan fingerprint density at radius 2 is 1.80 bits per heavy atom. The van der Waals surface area contributed by atoms with Gasteiger partial charge in [0.05, 0.1) is 5.41 Å². The Hall–Kier alpha value is -1.82. The molecule has 1 rings (SSSR count). The van der Waals surface area contributed by atoms with Crippen molar-refractivity contribution in [1.29, 1.82) is 0 Å². The average Bonchev–Trinajstić information content (AvgIpc) is 2.45. The molecule has 0 saturated carbocycles. The largest absolute Gasteiger partial charge is 0.481 e. The Morgan fingerprint density at radius 3 is 2.25 bits per heavy atom. The van der Waals surface area contributed by atoms with E-state index in [1.165, 1.54) is 4.90 Å². The van der Waals surface area contributed by atoms with Crippen LogP contribution < -0.4 is 5.32 Å². The van der Waals surface area contributed by atoms with Gasteiger partial charge in [-0.15, -0.1) is 13.2 Å². The zero-order valence-electron chi connectivity index (χ0n) is 11.6. The lowest BCUT2D eigenvalue weighted by Crippen LogP contribution is -2.49. The van der Waals surface area contributed by atoms with Crippen molar-refractivity contribution < 1.29 is 19.4 Å². The quantitative estimate of drug-likeness (QED) is 0.689. The standard InChI is InChI=1S/C14H22N2O4/c1-3-7-16(8-4-2)13(19)15-11-14(12(17)18)5-9-20-10-6-14/h3-4H,1-2,5-11H2,(H,15,19)(H,17,18). The van der Waals surface area contributed by atoms with Crippen molar-refractivity contribution in [3.63, 3.8) is 0 Å². The number of hydrogen-bond donors (Lipinski definition) is 2. The van der Waals surface area contributed by atoms with E-state index in [9.17, 15) is 14.7 Å². The number of aliphatic carboxylic acids is 1. The van der Waals surface area contributed by atoms with Gasteiger partial charge in [0.15, 0.2) is 0 Å². The van der Waals surface area contributed by atoms with Crippen molar-refractivity contribution in [1.82, 2.24) is 10.2 Å². The van der Waals surface area contributed by atoms with Crippen LogP contribution in [0.1, 0.15) is 12.8 Å². The number of amides is 2. The van der Waals surface area contributed by atoms with Gasteiger partial charge in [-0.05, 0) is 12.8 Å². The summed E-state index contributed by atoms with van der Waals surface area (Å²) in [5.41, 5.74) is -0.929. The summed E-state index contributed by atoms with van der Waals surface area (Å²) < 4.78 is 5.19. The molecule has 0 aromatic heterocycles. The van der Waals surface area contributed by atoms with Crippen molar-refractivity contribution >= 4 is 12.0 Å². The molecular weight excluding hydrogens is 260 g/mol. The lowest BCUT2D eigenvalue weighted by atomic mass is 9.80. The van der Waals surface area contributed by atoms with E-state index in [2.05, 4.69) is 18.5 Å². The molecule has 1 aliphatic heterocycles. The first-order valence-corrected chi connectivity index (χ1v) is 6.61. The summed E-state index contributed by atoms with van der Waals surface area (Å²) in [6, 6.07) is -0.308. The highest BCUT2D eigenvalue weighted by molar-refractivity contribution is 5.78. The first kappa shape index (κ1) is 16.2. The Bertz CT molecular complexity index is 365. The summed E-state index contributed by atoms with van der Waals surface area (Å²) in [4.78, 5) is 25.0. The first-order chi connectivity index (χ1) is 9.55. The molecule has 0 aromatic rings. The molecule has 1 aliphatic rings. The van der Waals surface area contributed by atoms with Crippen LogP contribution in [-0.4, -0.2) is 54.9 Å². The van der Waals surface area contributed by atoms with E-state index in [-0.39, 0.29) is 12.6 Å². The lowest BCUT2D eigenvalue weighted by molar-refractivity contribution is -0.154. The molecule has 1 saturated heterocycles. The normalized spacial score (nSPS) is 17.0. The van der Waals surface area contributed by atoms with Crippen LogP contribution in [0.4, 0.5) is 4.79 Å². The molecule has 6 nitrogen and oxygen atoms in total. The monoisotopic (exact) mass is 282 g/mol. The predicted molar refractivity (Wildman–Crippen MR) is 75.5 cm³/mol. The molecule has 0 unspecified atom stereocenters. The minimum absolute atomic E-state index is 0.106. The summed E-state index contributed by atoms with van der Waals surface area (Å²) in [5.74, 6) is -0.889. The van der Waals surface area contributed by atoms with Crippen LogP contribution in [-0.2, 0) is 9.53 Å². The summed E-state index contributed by atoms with van der Waals surface area (Å²) in [7, 11) is 0. The van der Waals surface area contributed by atoms with Crippen LogP contribution in [0.3, 0.4) is 0 Å². The third-order valence-corrected chi connectivity index (χ3v) is 3.47. The summed E-state index contributed by atoms with van der Waals surface area (Å²) in [6.45, 7) is 8.88. The average molecular weight is 282 g/mol. The van der Waals surface area contributed by atoms with Crippen LogP contribution >= 0.6 is 0 Å². The van der Waals surface area contributed by atoms with Crippen molar-refractivity contribution in [2.24, 2.45) is 5.41 Å². The highest BCUT2D eigenvalue weighted by Crippen LogP contribution is 2.30. The number of hydrogen-bond acceptors (Lipinski definition) is 3. The molecule has 112 valence electrons. The fraction of sp³-hybridized carbons (Fsp3) is 0.571. The molecule has 6 heteroatoms. The molecule has 0 bridgehead atoms. The minimum atomic E-state index is -0.929. The Labute approximate surface area is 119 Å². The Balaban J connectivity index is 2.61. The number of rotatable bonds is 7. The number of nitrogens with zero attached hydrogens (tertiary/aromatic N) is 1. The Morgan fingerprint density at radius 1 is 1.25 bits per heavy atom. The molecular formula is C14H22N2O4. The number of carboxylic acids is 1. The van der Waals surface area contributed by atoms with E-state index in [4.69, 9.17) is 4.74 Å². The van der Waals surface area contributed by atoms with Gasteiger partial charge in [0, 0.05) is 32.8 Å². The van der Waals surface area contributed by atoms with Crippen molar-refractivity contribution in [3.8, 4) is 0 Å². The zero-order valence-corrected chi connectivity index (χ0v) is 11.6. The molecule has 0 aromatic carbocycles. The van der Waals surface area contributed by atoms with Crippen LogP contribution in [0.15, 0.2) is 25.3 Å². The maximum absolute atomic E-state index is 12.0. The second-order valence-corrected chi connectivity index (χ2v) is 4.84. The van der Waals surface area contributed by atoms with Gasteiger partial charge in [-0.2, -0.15) is 0 Å². The van der Waals surface area contributed by atoms with E-state index in [0.29, 0.717) is 39.1 Å². The van der Waals surface area contributed by atoms with Crippen LogP contribution in [0, 0.1) is 5.41 Å². The first-order valence-electron chi connectivity index (χ1n) is 6.61. The van der Waals surface area contributed by atoms with E-state index < -0.39 is 11.4 Å². The second-order valence-electron chi connectivity index (χ2n) is 4.84. The SMILES string of the molecule is C=CCN(CC=C)C(=O)NCC1(C(=O)O)CCOCC1. The zero-order chi connectivity index (χ0) is 15.0. The fourth-order valence-corrected chi connectivity index (χ4v) is 2.14. The van der Waals surface area contributed by atoms with E-state index in [0.717, 1.165) is 0 Å². The third-order valence-electron chi connectivity index (χ3n) is 3.47. The van der Waals surface area contributed by atoms with Crippen LogP contribution in [0.5, 0.6) is 0 Å². The van der Waals surface area contributed by atoms with E-state index >= 15 is 0 Å². The maximum atomic E-state index is 12.0. The maximum Gasteiger partial charge on any atom is 0.317 e. The van der Waals surface area contributed by atoms with Crippen LogP contribution in [0.25, 0.3) is 0 Å². The fourth-order valence-electron chi connectivity index (χ4n) is 2.14. The van der Waals surface area contributed by atoms with Crippen LogP contribution in [0.2, 0.25) is 0 Å². The second kappa shape index (κ2) is 7.69. The molecule has 1 heterocycles. The molecule has 20 heavy (non-hydrogen) atoms. The number of urea groups is 1. The topological polar surface area (TPSA) is 78.9 Å². The molecule has 0 spiro atoms. The van der Waals surface area contributed by atoms with Gasteiger partial charge >= 0.3 is 12.0 Å². The molecule has 0 radical (unpaired) electrons. The van der Waals surface area contributed by atoms with E-state index in [1.54, 1.807) is 12.2 Å². The van der Waals surface area contributed by atoms with Gasteiger partial charge in [0.2, 0.25) is 0 Å². The molecule has 0 aliphatic carbocycles. The number of carbonyl (C=O) groups excluding carboxylic acids is 1. The third kappa shape index (κ3) is 4.09. The number of carbonyl (C=O) groups is 2. The molecule has 2 N–H and O–H groups in total. The van der Waals surface area contributed by atoms with Gasteiger partial charge in [0.25, 0.3) is 0 Å². The number of ether oxygens (including phenoxy) is 1. The molecule has 2 amide bonds. The summed E-state index contributed by atoms with van der Waals surface area (Å²) in [5, 5.41) is 12.1. The van der Waals surface area contributed by atoms with E-state index in [1.807, 2.05) is 0 Å². The van der Waals surface area contributed by atoms with Gasteiger partial charge in [0.1, 0.15) is 0 Å². The highest BCUT2D eigenvalue weighted by atomic mass is 16.5. The highest BCUT2D eigenvalue weighted by Gasteiger charge is 2.40. The van der Waals surface area contributed by atoms with Gasteiger partial charge in [-0.1, -0.05) is 12.2 Å². The number of nitrogens with one attached hydrogen (secondary N) is 1. The van der Waals surface area contributed by atoms with Crippen molar-refractivity contribution in [3.05, 3.63) is 25.3 Å². The minimum Gasteiger partial charge on any atom is -0.481 e. The molecule has 1 fully saturated rings. The summed E-state index contributed by atoms with van der Waals surface area (Å²) in [6.07, 6.45) is 4.05. The van der Waals surface area contributed by atoms with Crippen molar-refractivity contribution in [2.75, 3.05) is 32.8 Å². The smallest absolute Gasteiger partial charge is 0.317 e. The van der Waals surface area contributed by atoms with Gasteiger partial charge in [-0.25, -0.2) is 4.79 Å². The van der Waals surface area contributed by atoms with Gasteiger partial charge in [-0.3, -0.25) is 4.79 Å². The van der Waals surface area contributed by atoms with Crippen molar-refractivity contribution in [2.45, 2.75) is 12.8 Å². The Kier molecular flexibility index (Phi) is 6.24. The molecule has 0 atom stereocenters. The van der Waals surface area contributed by atoms with Gasteiger partial charge < -0.3 is 20.1 Å². The lowest BCUT2D eigenvalue weighted by Gasteiger charge is -2.33. The summed E-state index contributed by atoms with van der Waals surface area (Å²) >= 11 is 0.